The number of nitrogens with zero attached hydrogens (tertiary/aromatic N) is 2. The first-order chi connectivity index (χ1) is 10.9. The lowest BCUT2D eigenvalue weighted by Gasteiger charge is -2.29. The van der Waals surface area contributed by atoms with Gasteiger partial charge in [0.1, 0.15) is 11.8 Å². The highest BCUT2D eigenvalue weighted by Crippen LogP contribution is 2.32. The summed E-state index contributed by atoms with van der Waals surface area (Å²) in [5.74, 6) is 0.888. The first-order valence-electron chi connectivity index (χ1n) is 8.23. The quantitative estimate of drug-likeness (QED) is 0.704. The average molecular weight is 308 g/mol. The van der Waals surface area contributed by atoms with Gasteiger partial charge in [0.2, 0.25) is 0 Å². The SMILES string of the molecule is CCC1=CC(=NC(C)c2ccco2)C=C2C(C)=CC(C)(C)N=C12. The van der Waals surface area contributed by atoms with Crippen LogP contribution in [0.15, 0.2) is 67.7 Å². The molecule has 3 rings (SSSR count). The number of hydrogen-bond donors (Lipinski definition) is 0. The molecule has 0 spiro atoms. The Morgan fingerprint density at radius 2 is 2.09 bits per heavy atom. The molecule has 120 valence electrons. The largest absolute Gasteiger partial charge is 0.467 e. The summed E-state index contributed by atoms with van der Waals surface area (Å²) in [6, 6.07) is 3.88. The molecule has 2 aliphatic rings. The molecule has 2 heterocycles. The van der Waals surface area contributed by atoms with Gasteiger partial charge in [-0.2, -0.15) is 0 Å². The van der Waals surface area contributed by atoms with Gasteiger partial charge in [0.25, 0.3) is 0 Å². The van der Waals surface area contributed by atoms with Crippen LogP contribution in [0.4, 0.5) is 0 Å². The molecule has 0 saturated heterocycles. The Labute approximate surface area is 138 Å². The lowest BCUT2D eigenvalue weighted by molar-refractivity contribution is 0.481. The zero-order chi connectivity index (χ0) is 16.6. The second-order valence-corrected chi connectivity index (χ2v) is 6.77. The number of allylic oxidation sites excluding steroid dienone is 5. The topological polar surface area (TPSA) is 37.9 Å². The van der Waals surface area contributed by atoms with Crippen LogP contribution in [0.2, 0.25) is 0 Å². The number of furan rings is 1. The first kappa shape index (κ1) is 15.7. The molecule has 0 N–H and O–H groups in total. The van der Waals surface area contributed by atoms with Gasteiger partial charge in [-0.05, 0) is 69.5 Å². The Balaban J connectivity index is 2.01. The third kappa shape index (κ3) is 3.14. The standard InChI is InChI=1S/C20H24N2O/c1-6-15-10-16(21-14(3)18-8-7-9-23-18)11-17-13(2)12-20(4,5)22-19(15)17/h7-12,14H,6H2,1-5H3. The summed E-state index contributed by atoms with van der Waals surface area (Å²) in [6.07, 6.45) is 9.19. The van der Waals surface area contributed by atoms with E-state index in [4.69, 9.17) is 14.4 Å². The minimum Gasteiger partial charge on any atom is -0.467 e. The van der Waals surface area contributed by atoms with E-state index in [1.165, 1.54) is 16.7 Å². The Hall–Kier alpha value is -2.16. The van der Waals surface area contributed by atoms with Crippen molar-refractivity contribution in [1.29, 1.82) is 0 Å². The predicted octanol–water partition coefficient (Wildman–Crippen LogP) is 5.24. The molecule has 0 bridgehead atoms. The summed E-state index contributed by atoms with van der Waals surface area (Å²) in [6.45, 7) is 10.7. The lowest BCUT2D eigenvalue weighted by atomic mass is 9.83. The molecule has 0 amide bonds. The van der Waals surface area contributed by atoms with E-state index < -0.39 is 0 Å². The van der Waals surface area contributed by atoms with Crippen molar-refractivity contribution < 1.29 is 4.42 Å². The van der Waals surface area contributed by atoms with Crippen LogP contribution in [0.25, 0.3) is 0 Å². The normalized spacial score (nSPS) is 22.7. The lowest BCUT2D eigenvalue weighted by Crippen LogP contribution is -2.27. The monoisotopic (exact) mass is 308 g/mol. The number of dihydropyridines is 1. The van der Waals surface area contributed by atoms with Crippen molar-refractivity contribution >= 4 is 11.4 Å². The second kappa shape index (κ2) is 5.80. The summed E-state index contributed by atoms with van der Waals surface area (Å²) in [4.78, 5) is 9.76. The molecule has 0 radical (unpaired) electrons. The van der Waals surface area contributed by atoms with E-state index in [9.17, 15) is 0 Å². The highest BCUT2D eigenvalue weighted by Gasteiger charge is 2.27. The van der Waals surface area contributed by atoms with Crippen LogP contribution in [0.5, 0.6) is 0 Å². The van der Waals surface area contributed by atoms with Gasteiger partial charge in [-0.25, -0.2) is 0 Å². The van der Waals surface area contributed by atoms with Gasteiger partial charge < -0.3 is 4.42 Å². The molecule has 1 atom stereocenters. The minimum absolute atomic E-state index is 0.00834. The number of hydrogen-bond acceptors (Lipinski definition) is 3. The van der Waals surface area contributed by atoms with Crippen molar-refractivity contribution in [3.05, 3.63) is 59.1 Å². The van der Waals surface area contributed by atoms with Crippen LogP contribution < -0.4 is 0 Å². The van der Waals surface area contributed by atoms with E-state index in [0.29, 0.717) is 0 Å². The van der Waals surface area contributed by atoms with E-state index in [-0.39, 0.29) is 11.6 Å². The van der Waals surface area contributed by atoms with E-state index in [0.717, 1.165) is 23.6 Å². The third-order valence-electron chi connectivity index (χ3n) is 4.25. The minimum atomic E-state index is -0.138. The van der Waals surface area contributed by atoms with Gasteiger partial charge in [0.05, 0.1) is 23.2 Å². The number of rotatable bonds is 3. The highest BCUT2D eigenvalue weighted by atomic mass is 16.3. The molecular weight excluding hydrogens is 284 g/mol. The van der Waals surface area contributed by atoms with Crippen molar-refractivity contribution in [2.24, 2.45) is 9.98 Å². The van der Waals surface area contributed by atoms with Gasteiger partial charge >= 0.3 is 0 Å². The van der Waals surface area contributed by atoms with Gasteiger partial charge in [0.15, 0.2) is 0 Å². The Morgan fingerprint density at radius 1 is 1.30 bits per heavy atom. The predicted molar refractivity (Wildman–Crippen MR) is 96.3 cm³/mol. The van der Waals surface area contributed by atoms with E-state index >= 15 is 0 Å². The van der Waals surface area contributed by atoms with Gasteiger partial charge in [0, 0.05) is 5.57 Å². The van der Waals surface area contributed by atoms with Crippen LogP contribution in [0, 0.1) is 0 Å². The van der Waals surface area contributed by atoms with Crippen LogP contribution >= 0.6 is 0 Å². The van der Waals surface area contributed by atoms with Crippen molar-refractivity contribution in [2.75, 3.05) is 0 Å². The number of aliphatic imine (C=N–C) groups is 2. The van der Waals surface area contributed by atoms with Crippen LogP contribution in [-0.2, 0) is 0 Å². The number of fused-ring (bicyclic) bond motifs is 1. The Morgan fingerprint density at radius 3 is 2.74 bits per heavy atom. The fraction of sp³-hybridized carbons (Fsp3) is 0.400. The first-order valence-corrected chi connectivity index (χ1v) is 8.23. The molecule has 3 heteroatoms. The maximum Gasteiger partial charge on any atom is 0.127 e. The summed E-state index contributed by atoms with van der Waals surface area (Å²) in [7, 11) is 0. The van der Waals surface area contributed by atoms with E-state index in [1.54, 1.807) is 6.26 Å². The summed E-state index contributed by atoms with van der Waals surface area (Å²) in [5, 5.41) is 0. The van der Waals surface area contributed by atoms with E-state index in [1.807, 2.05) is 12.1 Å². The molecular formula is C20H24N2O. The third-order valence-corrected chi connectivity index (χ3v) is 4.25. The van der Waals surface area contributed by atoms with Crippen LogP contribution in [0.3, 0.4) is 0 Å². The molecule has 23 heavy (non-hydrogen) atoms. The molecule has 0 fully saturated rings. The molecule has 0 aromatic carbocycles. The molecule has 1 unspecified atom stereocenters. The van der Waals surface area contributed by atoms with Gasteiger partial charge in [-0.1, -0.05) is 13.0 Å². The van der Waals surface area contributed by atoms with Gasteiger partial charge in [-0.3, -0.25) is 9.98 Å². The second-order valence-electron chi connectivity index (χ2n) is 6.77. The zero-order valence-electron chi connectivity index (χ0n) is 14.6. The fourth-order valence-electron chi connectivity index (χ4n) is 3.20. The average Bonchev–Trinajstić information content (AvgIpc) is 3.00. The molecule has 0 saturated carbocycles. The summed E-state index contributed by atoms with van der Waals surface area (Å²) < 4.78 is 5.46. The maximum absolute atomic E-state index is 5.46. The Bertz CT molecular complexity index is 756. The molecule has 1 aromatic rings. The molecule has 1 aromatic heterocycles. The van der Waals surface area contributed by atoms with E-state index in [2.05, 4.69) is 52.8 Å². The van der Waals surface area contributed by atoms with Crippen LogP contribution in [-0.4, -0.2) is 17.0 Å². The summed E-state index contributed by atoms with van der Waals surface area (Å²) >= 11 is 0. The molecule has 3 nitrogen and oxygen atoms in total. The van der Waals surface area contributed by atoms with Crippen molar-refractivity contribution in [1.82, 2.24) is 0 Å². The fourth-order valence-corrected chi connectivity index (χ4v) is 3.20. The highest BCUT2D eigenvalue weighted by molar-refractivity contribution is 6.26. The van der Waals surface area contributed by atoms with Gasteiger partial charge in [-0.15, -0.1) is 0 Å². The molecule has 1 aliphatic heterocycles. The Kier molecular flexibility index (Phi) is 3.97. The molecule has 1 aliphatic carbocycles. The van der Waals surface area contributed by atoms with Crippen molar-refractivity contribution in [3.8, 4) is 0 Å². The smallest absolute Gasteiger partial charge is 0.127 e. The van der Waals surface area contributed by atoms with Crippen molar-refractivity contribution in [2.45, 2.75) is 52.6 Å². The van der Waals surface area contributed by atoms with Crippen LogP contribution in [0.1, 0.15) is 52.8 Å². The van der Waals surface area contributed by atoms with Crippen molar-refractivity contribution in [3.63, 3.8) is 0 Å². The summed E-state index contributed by atoms with van der Waals surface area (Å²) in [5.41, 5.74) is 5.72. The zero-order valence-corrected chi connectivity index (χ0v) is 14.6. The maximum atomic E-state index is 5.46.